The smallest absolute Gasteiger partial charge is 0.364 e. The number of aliphatic carboxylic acids is 1. The highest BCUT2D eigenvalue weighted by Gasteiger charge is 2.60. The second-order valence-corrected chi connectivity index (χ2v) is 10.5. The van der Waals surface area contributed by atoms with Crippen LogP contribution in [0.5, 0.6) is 0 Å². The van der Waals surface area contributed by atoms with E-state index < -0.39 is 136 Å². The summed E-state index contributed by atoms with van der Waals surface area (Å²) < 4.78 is 26.8. The van der Waals surface area contributed by atoms with Crippen LogP contribution in [0.3, 0.4) is 0 Å². The summed E-state index contributed by atoms with van der Waals surface area (Å²) in [5, 5.41) is 124. The van der Waals surface area contributed by atoms with Crippen LogP contribution in [0.25, 0.3) is 0 Å². The van der Waals surface area contributed by atoms with Gasteiger partial charge in [0.25, 0.3) is 5.79 Å². The van der Waals surface area contributed by atoms with E-state index in [9.17, 15) is 70.9 Å². The van der Waals surface area contributed by atoms with Gasteiger partial charge in [0.2, 0.25) is 5.91 Å². The monoisotopic (exact) mass is 633 g/mol. The summed E-state index contributed by atoms with van der Waals surface area (Å²) in [6, 6.07) is -1.54. The molecular weight excluding hydrogens is 594 g/mol. The Bertz CT molecular complexity index is 942. The number of aliphatic hydroxyl groups excluding tert-OH is 11. The highest BCUT2D eigenvalue weighted by Crippen LogP contribution is 2.38. The fourth-order valence-electron chi connectivity index (χ4n) is 5.16. The van der Waals surface area contributed by atoms with Crippen molar-refractivity contribution in [3.63, 3.8) is 0 Å². The second-order valence-electron chi connectivity index (χ2n) is 10.5. The maximum absolute atomic E-state index is 12.5. The van der Waals surface area contributed by atoms with Gasteiger partial charge in [-0.1, -0.05) is 0 Å². The van der Waals surface area contributed by atoms with Gasteiger partial charge >= 0.3 is 5.97 Å². The molecule has 0 radical (unpaired) electrons. The third kappa shape index (κ3) is 7.41. The summed E-state index contributed by atoms with van der Waals surface area (Å²) in [7, 11) is 0. The number of amides is 1. The molecule has 3 fully saturated rings. The summed E-state index contributed by atoms with van der Waals surface area (Å²) in [4.78, 5) is 24.3. The van der Waals surface area contributed by atoms with E-state index in [-0.39, 0.29) is 0 Å². The first-order valence-corrected chi connectivity index (χ1v) is 13.2. The first kappa shape index (κ1) is 35.8. The highest BCUT2D eigenvalue weighted by atomic mass is 16.8. The maximum Gasteiger partial charge on any atom is 0.364 e. The van der Waals surface area contributed by atoms with Gasteiger partial charge in [0.15, 0.2) is 12.6 Å². The minimum atomic E-state index is -3.02. The third-order valence-corrected chi connectivity index (χ3v) is 7.47. The molecule has 0 aromatic carbocycles. The number of carbonyl (C=O) groups is 2. The Morgan fingerprint density at radius 3 is 2.07 bits per heavy atom. The molecule has 3 heterocycles. The number of nitrogens with one attached hydrogen (secondary N) is 1. The highest BCUT2D eigenvalue weighted by molar-refractivity contribution is 5.76. The van der Waals surface area contributed by atoms with Crippen molar-refractivity contribution in [2.24, 2.45) is 0 Å². The lowest BCUT2D eigenvalue weighted by Crippen LogP contribution is -2.70. The normalized spacial score (nSPS) is 45.3. The lowest BCUT2D eigenvalue weighted by Gasteiger charge is -2.50. The van der Waals surface area contributed by atoms with Crippen molar-refractivity contribution in [2.45, 2.75) is 111 Å². The van der Waals surface area contributed by atoms with Crippen LogP contribution in [0.2, 0.25) is 0 Å². The Morgan fingerprint density at radius 1 is 0.907 bits per heavy atom. The Hall–Kier alpha value is -1.70. The van der Waals surface area contributed by atoms with Gasteiger partial charge in [0.05, 0.1) is 32.0 Å². The number of rotatable bonds is 11. The molecule has 16 atom stereocenters. The molecule has 13 N–H and O–H groups in total. The third-order valence-electron chi connectivity index (χ3n) is 7.47. The SMILES string of the molecule is CC(=O)N[C@@H]1[C@@H](O)C[C@](OC2[C@@H](O)[C@H](OC3[C@@H](CO)OC(O)[C@H](O)[C@H]3O)O[C@H](CO)[C@@H]2O)(C(=O)O)O[C@H]1C(O)C(O)CO. The first-order valence-electron chi connectivity index (χ1n) is 13.2. The van der Waals surface area contributed by atoms with Crippen LogP contribution in [0.15, 0.2) is 0 Å². The number of hydrogen-bond donors (Lipinski definition) is 13. The van der Waals surface area contributed by atoms with Crippen LogP contribution in [-0.2, 0) is 33.3 Å². The van der Waals surface area contributed by atoms with Crippen molar-refractivity contribution in [1.29, 1.82) is 0 Å². The van der Waals surface area contributed by atoms with Gasteiger partial charge in [-0.15, -0.1) is 0 Å². The molecule has 3 aliphatic heterocycles. The fourth-order valence-corrected chi connectivity index (χ4v) is 5.16. The molecule has 0 aromatic rings. The van der Waals surface area contributed by atoms with E-state index >= 15 is 0 Å². The first-order chi connectivity index (χ1) is 20.1. The zero-order chi connectivity index (χ0) is 32.4. The Kier molecular flexibility index (Phi) is 12.1. The van der Waals surface area contributed by atoms with Crippen LogP contribution in [0.1, 0.15) is 13.3 Å². The molecule has 0 aliphatic carbocycles. The maximum atomic E-state index is 12.5. The van der Waals surface area contributed by atoms with Gasteiger partial charge < -0.3 is 90.3 Å². The van der Waals surface area contributed by atoms with Crippen molar-refractivity contribution >= 4 is 11.9 Å². The summed E-state index contributed by atoms with van der Waals surface area (Å²) in [6.45, 7) is -1.85. The average Bonchev–Trinajstić information content (AvgIpc) is 2.96. The zero-order valence-electron chi connectivity index (χ0n) is 22.7. The van der Waals surface area contributed by atoms with Gasteiger partial charge in [0, 0.05) is 13.3 Å². The lowest BCUT2D eigenvalue weighted by atomic mass is 9.88. The summed E-state index contributed by atoms with van der Waals surface area (Å²) in [6.07, 6.45) is -27.8. The van der Waals surface area contributed by atoms with E-state index in [4.69, 9.17) is 23.7 Å². The average molecular weight is 634 g/mol. The molecule has 0 aromatic heterocycles. The Balaban J connectivity index is 1.94. The predicted molar refractivity (Wildman–Crippen MR) is 130 cm³/mol. The molecule has 0 saturated carbocycles. The van der Waals surface area contributed by atoms with Gasteiger partial charge in [-0.05, 0) is 0 Å². The van der Waals surface area contributed by atoms with Crippen LogP contribution < -0.4 is 5.32 Å². The van der Waals surface area contributed by atoms with E-state index in [0.29, 0.717) is 0 Å². The van der Waals surface area contributed by atoms with Crippen molar-refractivity contribution in [3.05, 3.63) is 0 Å². The predicted octanol–water partition coefficient (Wildman–Crippen LogP) is -8.22. The lowest BCUT2D eigenvalue weighted by molar-refractivity contribution is -0.385. The topological polar surface area (TPSA) is 335 Å². The molecule has 3 rings (SSSR count). The van der Waals surface area contributed by atoms with Crippen molar-refractivity contribution in [2.75, 3.05) is 19.8 Å². The quantitative estimate of drug-likeness (QED) is 0.100. The fraction of sp³-hybridized carbons (Fsp3) is 0.913. The van der Waals surface area contributed by atoms with E-state index in [0.717, 1.165) is 6.92 Å². The number of hydrogen-bond acceptors (Lipinski definition) is 18. The molecule has 20 nitrogen and oxygen atoms in total. The number of aliphatic hydroxyl groups is 11. The minimum Gasteiger partial charge on any atom is -0.477 e. The van der Waals surface area contributed by atoms with Gasteiger partial charge in [0.1, 0.15) is 67.1 Å². The number of carbonyl (C=O) groups excluding carboxylic acids is 1. The summed E-state index contributed by atoms with van der Waals surface area (Å²) in [5.74, 6) is -5.74. The second kappa shape index (κ2) is 14.6. The van der Waals surface area contributed by atoms with Crippen LogP contribution in [-0.4, -0.2) is 191 Å². The van der Waals surface area contributed by atoms with E-state index in [2.05, 4.69) is 5.32 Å². The van der Waals surface area contributed by atoms with Crippen LogP contribution >= 0.6 is 0 Å². The minimum absolute atomic E-state index is 0.749. The van der Waals surface area contributed by atoms with Crippen molar-refractivity contribution in [3.8, 4) is 0 Å². The molecule has 0 bridgehead atoms. The molecule has 3 aliphatic rings. The number of ether oxygens (including phenoxy) is 5. The Morgan fingerprint density at radius 2 is 1.53 bits per heavy atom. The van der Waals surface area contributed by atoms with E-state index in [1.165, 1.54) is 0 Å². The Labute approximate surface area is 243 Å². The zero-order valence-corrected chi connectivity index (χ0v) is 22.7. The van der Waals surface area contributed by atoms with Crippen molar-refractivity contribution in [1.82, 2.24) is 5.32 Å². The molecule has 0 spiro atoms. The molecule has 43 heavy (non-hydrogen) atoms. The number of carboxylic acid groups (broad SMARTS) is 1. The van der Waals surface area contributed by atoms with Gasteiger partial charge in [-0.2, -0.15) is 0 Å². The van der Waals surface area contributed by atoms with Gasteiger partial charge in [-0.3, -0.25) is 4.79 Å². The number of carboxylic acids is 1. The van der Waals surface area contributed by atoms with E-state index in [1.54, 1.807) is 0 Å². The van der Waals surface area contributed by atoms with Crippen LogP contribution in [0, 0.1) is 0 Å². The van der Waals surface area contributed by atoms with E-state index in [1.807, 2.05) is 0 Å². The van der Waals surface area contributed by atoms with Gasteiger partial charge in [-0.25, -0.2) is 4.79 Å². The molecule has 20 heteroatoms. The molecular formula is C23H39NO19. The summed E-state index contributed by atoms with van der Waals surface area (Å²) >= 11 is 0. The molecule has 3 saturated heterocycles. The largest absolute Gasteiger partial charge is 0.477 e. The van der Waals surface area contributed by atoms with Crippen LogP contribution in [0.4, 0.5) is 0 Å². The van der Waals surface area contributed by atoms with Crippen molar-refractivity contribution < 1.29 is 94.6 Å². The summed E-state index contributed by atoms with van der Waals surface area (Å²) in [5.41, 5.74) is 0. The standard InChI is InChI=1S/C23H39NO19/c1-6(28)24-11-7(29)2-23(22(37)38,42-18(11)12(31)8(30)3-25)43-19-13(32)9(4-26)40-21(16(19)35)41-17-10(5-27)39-20(36)15(34)14(17)33/h7-21,25-27,29-36H,2-5H2,1H3,(H,24,28)(H,37,38)/t7-,8?,9+,10+,11+,12?,13-,14+,15+,16+,17?,18+,19?,20?,21-,23-/m0/s1. The molecule has 1 amide bonds. The molecule has 250 valence electrons. The molecule has 5 unspecified atom stereocenters.